The highest BCUT2D eigenvalue weighted by Gasteiger charge is 2.13. The fourth-order valence-corrected chi connectivity index (χ4v) is 1.89. The van der Waals surface area contributed by atoms with Crippen molar-refractivity contribution in [2.45, 2.75) is 0 Å². The molecule has 0 aliphatic rings. The second-order valence-corrected chi connectivity index (χ2v) is 3.80. The minimum absolute atomic E-state index is 0.00306. The number of benzene rings is 2. The van der Waals surface area contributed by atoms with Crippen molar-refractivity contribution < 1.29 is 4.79 Å². The number of hydrogen-bond acceptors (Lipinski definition) is 2. The van der Waals surface area contributed by atoms with Crippen molar-refractivity contribution in [3.8, 4) is 0 Å². The first-order valence-electron chi connectivity index (χ1n) is 5.38. The first kappa shape index (κ1) is 9.78. The number of ketones is 1. The summed E-state index contributed by atoms with van der Waals surface area (Å²) in [5, 5.41) is 0. The number of aromatic nitrogens is 2. The first-order chi connectivity index (χ1) is 8.36. The summed E-state index contributed by atoms with van der Waals surface area (Å²) in [6.45, 7) is 0. The molecule has 1 heterocycles. The molecular formula is C14H10N2O. The Balaban J connectivity index is 2.16. The van der Waals surface area contributed by atoms with Gasteiger partial charge in [-0.25, -0.2) is 4.98 Å². The van der Waals surface area contributed by atoms with Crippen molar-refractivity contribution in [2.24, 2.45) is 0 Å². The van der Waals surface area contributed by atoms with Gasteiger partial charge in [0.2, 0.25) is 0 Å². The zero-order valence-corrected chi connectivity index (χ0v) is 9.05. The van der Waals surface area contributed by atoms with Crippen LogP contribution in [0.3, 0.4) is 0 Å². The zero-order valence-electron chi connectivity index (χ0n) is 9.05. The van der Waals surface area contributed by atoms with E-state index in [9.17, 15) is 4.79 Å². The molecule has 0 fully saturated rings. The molecule has 17 heavy (non-hydrogen) atoms. The molecule has 3 aromatic rings. The molecule has 0 bridgehead atoms. The highest BCUT2D eigenvalue weighted by Crippen LogP contribution is 2.18. The molecule has 82 valence electrons. The topological polar surface area (TPSA) is 45.8 Å². The number of H-pyrrole nitrogens is 1. The van der Waals surface area contributed by atoms with Crippen LogP contribution in [-0.2, 0) is 0 Å². The number of nitrogens with zero attached hydrogens (tertiary/aromatic N) is 1. The Morgan fingerprint density at radius 1 is 1.00 bits per heavy atom. The van der Waals surface area contributed by atoms with Gasteiger partial charge in [0.25, 0.3) is 0 Å². The Hall–Kier alpha value is -2.42. The van der Waals surface area contributed by atoms with E-state index in [-0.39, 0.29) is 5.78 Å². The van der Waals surface area contributed by atoms with Crippen LogP contribution < -0.4 is 0 Å². The molecule has 3 rings (SSSR count). The third kappa shape index (κ3) is 1.61. The van der Waals surface area contributed by atoms with Gasteiger partial charge in [0.1, 0.15) is 0 Å². The molecule has 0 unspecified atom stereocenters. The normalized spacial score (nSPS) is 10.6. The highest BCUT2D eigenvalue weighted by atomic mass is 16.1. The molecule has 0 radical (unpaired) electrons. The van der Waals surface area contributed by atoms with Gasteiger partial charge in [-0.3, -0.25) is 4.79 Å². The number of fused-ring (bicyclic) bond motifs is 1. The first-order valence-corrected chi connectivity index (χ1v) is 5.38. The Kier molecular flexibility index (Phi) is 2.22. The van der Waals surface area contributed by atoms with Crippen LogP contribution in [-0.4, -0.2) is 15.8 Å². The predicted octanol–water partition coefficient (Wildman–Crippen LogP) is 2.79. The number of aromatic amines is 1. The number of hydrogen-bond donors (Lipinski definition) is 1. The minimum atomic E-state index is 0.00306. The monoisotopic (exact) mass is 222 g/mol. The fourth-order valence-electron chi connectivity index (χ4n) is 1.89. The van der Waals surface area contributed by atoms with Crippen molar-refractivity contribution in [3.63, 3.8) is 0 Å². The van der Waals surface area contributed by atoms with Crippen LogP contribution in [0.25, 0.3) is 11.0 Å². The van der Waals surface area contributed by atoms with Crippen LogP contribution in [0.2, 0.25) is 0 Å². The zero-order chi connectivity index (χ0) is 11.7. The lowest BCUT2D eigenvalue weighted by Crippen LogP contribution is -2.01. The van der Waals surface area contributed by atoms with Crippen LogP contribution in [0.5, 0.6) is 0 Å². The van der Waals surface area contributed by atoms with E-state index in [1.54, 1.807) is 12.4 Å². The minimum Gasteiger partial charge on any atom is -0.345 e. The number of carbonyl (C=O) groups is 1. The molecule has 2 aromatic carbocycles. The van der Waals surface area contributed by atoms with Crippen molar-refractivity contribution in [1.29, 1.82) is 0 Å². The van der Waals surface area contributed by atoms with Crippen LogP contribution >= 0.6 is 0 Å². The molecule has 0 amide bonds. The van der Waals surface area contributed by atoms with Gasteiger partial charge in [-0.2, -0.15) is 0 Å². The van der Waals surface area contributed by atoms with Crippen molar-refractivity contribution in [2.75, 3.05) is 0 Å². The summed E-state index contributed by atoms with van der Waals surface area (Å²) < 4.78 is 0. The molecule has 1 aromatic heterocycles. The molecular weight excluding hydrogens is 212 g/mol. The van der Waals surface area contributed by atoms with E-state index in [0.29, 0.717) is 11.1 Å². The van der Waals surface area contributed by atoms with E-state index < -0.39 is 0 Å². The molecule has 0 saturated heterocycles. The molecule has 0 atom stereocenters. The molecule has 0 saturated carbocycles. The van der Waals surface area contributed by atoms with Gasteiger partial charge >= 0.3 is 0 Å². The SMILES string of the molecule is O=C(c1ccccc1)c1cccc2[nH]cnc12. The van der Waals surface area contributed by atoms with E-state index in [1.807, 2.05) is 42.5 Å². The molecule has 3 heteroatoms. The molecule has 0 aliphatic heterocycles. The highest BCUT2D eigenvalue weighted by molar-refractivity contribution is 6.15. The number of nitrogens with one attached hydrogen (secondary N) is 1. The summed E-state index contributed by atoms with van der Waals surface area (Å²) in [5.74, 6) is 0.00306. The Morgan fingerprint density at radius 3 is 2.65 bits per heavy atom. The van der Waals surface area contributed by atoms with E-state index in [4.69, 9.17) is 0 Å². The molecule has 3 nitrogen and oxygen atoms in total. The summed E-state index contributed by atoms with van der Waals surface area (Å²) in [6, 6.07) is 14.8. The van der Waals surface area contributed by atoms with Gasteiger partial charge in [0.05, 0.1) is 22.9 Å². The summed E-state index contributed by atoms with van der Waals surface area (Å²) in [4.78, 5) is 19.5. The van der Waals surface area contributed by atoms with E-state index in [2.05, 4.69) is 9.97 Å². The summed E-state index contributed by atoms with van der Waals surface area (Å²) in [6.07, 6.45) is 1.60. The lowest BCUT2D eigenvalue weighted by Gasteiger charge is -2.01. The van der Waals surface area contributed by atoms with Crippen molar-refractivity contribution in [1.82, 2.24) is 9.97 Å². The number of para-hydroxylation sites is 1. The number of rotatable bonds is 2. The summed E-state index contributed by atoms with van der Waals surface area (Å²) in [5.41, 5.74) is 2.92. The van der Waals surface area contributed by atoms with Crippen molar-refractivity contribution >= 4 is 16.8 Å². The van der Waals surface area contributed by atoms with Crippen LogP contribution in [0.15, 0.2) is 54.9 Å². The van der Waals surface area contributed by atoms with E-state index in [1.165, 1.54) is 0 Å². The second-order valence-electron chi connectivity index (χ2n) is 3.80. The van der Waals surface area contributed by atoms with Crippen LogP contribution in [0, 0.1) is 0 Å². The third-order valence-electron chi connectivity index (χ3n) is 2.73. The smallest absolute Gasteiger partial charge is 0.195 e. The average Bonchev–Trinajstić information content (AvgIpc) is 2.87. The molecule has 0 aliphatic carbocycles. The van der Waals surface area contributed by atoms with E-state index >= 15 is 0 Å². The summed E-state index contributed by atoms with van der Waals surface area (Å²) >= 11 is 0. The Labute approximate surface area is 98.1 Å². The lowest BCUT2D eigenvalue weighted by molar-refractivity contribution is 0.104. The average molecular weight is 222 g/mol. The van der Waals surface area contributed by atoms with Gasteiger partial charge in [0, 0.05) is 5.56 Å². The van der Waals surface area contributed by atoms with Crippen LogP contribution in [0.1, 0.15) is 15.9 Å². The maximum Gasteiger partial charge on any atom is 0.195 e. The standard InChI is InChI=1S/C14H10N2O/c17-14(10-5-2-1-3-6-10)11-7-4-8-12-13(11)16-9-15-12/h1-9H,(H,15,16). The quantitative estimate of drug-likeness (QED) is 0.677. The largest absolute Gasteiger partial charge is 0.345 e. The van der Waals surface area contributed by atoms with Gasteiger partial charge < -0.3 is 4.98 Å². The van der Waals surface area contributed by atoms with Gasteiger partial charge in [-0.05, 0) is 12.1 Å². The predicted molar refractivity (Wildman–Crippen MR) is 66.0 cm³/mol. The maximum absolute atomic E-state index is 12.3. The Bertz CT molecular complexity index is 671. The number of carbonyl (C=O) groups excluding carboxylic acids is 1. The van der Waals surface area contributed by atoms with Crippen LogP contribution in [0.4, 0.5) is 0 Å². The van der Waals surface area contributed by atoms with Gasteiger partial charge in [0.15, 0.2) is 5.78 Å². The van der Waals surface area contributed by atoms with Crippen molar-refractivity contribution in [3.05, 3.63) is 66.0 Å². The third-order valence-corrected chi connectivity index (χ3v) is 2.73. The fraction of sp³-hybridized carbons (Fsp3) is 0. The Morgan fingerprint density at radius 2 is 1.82 bits per heavy atom. The molecule has 0 spiro atoms. The second kappa shape index (κ2) is 3.87. The lowest BCUT2D eigenvalue weighted by atomic mass is 10.0. The molecule has 1 N–H and O–H groups in total. The van der Waals surface area contributed by atoms with Gasteiger partial charge in [-0.15, -0.1) is 0 Å². The van der Waals surface area contributed by atoms with E-state index in [0.717, 1.165) is 11.0 Å². The number of imidazole rings is 1. The summed E-state index contributed by atoms with van der Waals surface area (Å²) in [7, 11) is 0. The van der Waals surface area contributed by atoms with Gasteiger partial charge in [-0.1, -0.05) is 36.4 Å². The maximum atomic E-state index is 12.3.